The number of benzene rings is 1. The Morgan fingerprint density at radius 2 is 1.52 bits per heavy atom. The molecule has 4 nitrogen and oxygen atoms in total. The number of hydrogen-bond donors (Lipinski definition) is 1. The first-order chi connectivity index (χ1) is 9.52. The molecule has 0 saturated heterocycles. The van der Waals surface area contributed by atoms with E-state index in [1.807, 2.05) is 66.7 Å². The number of nitrogens with zero attached hydrogens (tertiary/aromatic N) is 1. The molecular weight excluding hydrogens is 264 g/mol. The second-order valence-corrected chi connectivity index (χ2v) is 6.82. The summed E-state index contributed by atoms with van der Waals surface area (Å²) < 4.78 is 0. The highest BCUT2D eigenvalue weighted by molar-refractivity contribution is 5.96. The number of hydrogen-bond acceptors (Lipinski definition) is 2. The zero-order valence-electron chi connectivity index (χ0n) is 14.1. The molecule has 2 amide bonds. The summed E-state index contributed by atoms with van der Waals surface area (Å²) in [4.78, 5) is 24.7. The fourth-order valence-corrected chi connectivity index (χ4v) is 2.08. The fourth-order valence-electron chi connectivity index (χ4n) is 2.08. The van der Waals surface area contributed by atoms with Crippen molar-refractivity contribution in [3.63, 3.8) is 0 Å². The molecule has 0 atom stereocenters. The van der Waals surface area contributed by atoms with Crippen LogP contribution in [-0.4, -0.2) is 22.4 Å². The van der Waals surface area contributed by atoms with E-state index < -0.39 is 5.54 Å². The van der Waals surface area contributed by atoms with Gasteiger partial charge in [0.25, 0.3) is 5.91 Å². The highest BCUT2D eigenvalue weighted by Crippen LogP contribution is 2.16. The first kappa shape index (κ1) is 17.2. The van der Waals surface area contributed by atoms with Crippen LogP contribution < -0.4 is 5.43 Å². The van der Waals surface area contributed by atoms with E-state index in [1.165, 1.54) is 5.01 Å². The predicted molar refractivity (Wildman–Crippen MR) is 84.8 cm³/mol. The molecule has 0 saturated carbocycles. The minimum absolute atomic E-state index is 0.0970. The third-order valence-corrected chi connectivity index (χ3v) is 3.08. The molecular formula is C17H26N2O2. The van der Waals surface area contributed by atoms with Crippen LogP contribution in [0.1, 0.15) is 56.1 Å². The Hall–Kier alpha value is -1.84. The monoisotopic (exact) mass is 290 g/mol. The van der Waals surface area contributed by atoms with Crippen LogP contribution in [0, 0.1) is 19.8 Å². The van der Waals surface area contributed by atoms with Gasteiger partial charge in [0, 0.05) is 11.5 Å². The summed E-state index contributed by atoms with van der Waals surface area (Å²) in [5, 5.41) is 1.43. The zero-order chi connectivity index (χ0) is 16.4. The predicted octanol–water partition coefficient (Wildman–Crippen LogP) is 3.23. The van der Waals surface area contributed by atoms with Crippen molar-refractivity contribution < 1.29 is 9.59 Å². The summed E-state index contributed by atoms with van der Waals surface area (Å²) in [6.45, 7) is 13.2. The van der Waals surface area contributed by atoms with Crippen molar-refractivity contribution in [1.29, 1.82) is 0 Å². The van der Waals surface area contributed by atoms with Crippen molar-refractivity contribution in [2.45, 2.75) is 54.0 Å². The molecule has 0 spiro atoms. The lowest BCUT2D eigenvalue weighted by Gasteiger charge is -2.36. The summed E-state index contributed by atoms with van der Waals surface area (Å²) in [5.74, 6) is -0.533. The van der Waals surface area contributed by atoms with Crippen LogP contribution in [0.5, 0.6) is 0 Å². The Balaban J connectivity index is 3.03. The zero-order valence-corrected chi connectivity index (χ0v) is 14.1. The summed E-state index contributed by atoms with van der Waals surface area (Å²) in [6.07, 6.45) is 0. The molecule has 0 fully saturated rings. The average molecular weight is 290 g/mol. The van der Waals surface area contributed by atoms with Gasteiger partial charge in [0.15, 0.2) is 0 Å². The maximum absolute atomic E-state index is 12.4. The molecule has 0 heterocycles. The molecule has 0 aliphatic rings. The average Bonchev–Trinajstić information content (AvgIpc) is 2.31. The van der Waals surface area contributed by atoms with Crippen molar-refractivity contribution >= 4 is 11.8 Å². The van der Waals surface area contributed by atoms with Gasteiger partial charge in [0.1, 0.15) is 0 Å². The van der Waals surface area contributed by atoms with E-state index >= 15 is 0 Å². The second-order valence-electron chi connectivity index (χ2n) is 6.82. The number of nitrogens with one attached hydrogen (secondary N) is 1. The lowest BCUT2D eigenvalue weighted by molar-refractivity contribution is -0.142. The van der Waals surface area contributed by atoms with Crippen molar-refractivity contribution in [3.05, 3.63) is 34.9 Å². The third-order valence-electron chi connectivity index (χ3n) is 3.08. The van der Waals surface area contributed by atoms with Crippen LogP contribution in [0.2, 0.25) is 0 Å². The Morgan fingerprint density at radius 1 is 1.05 bits per heavy atom. The standard InChI is InChI=1S/C17H26N2O2/c1-11(2)16(21)19(17(5,6)7)18-15(20)14-9-12(3)8-13(4)10-14/h8-11H,1-7H3,(H,18,20). The highest BCUT2D eigenvalue weighted by Gasteiger charge is 2.30. The molecule has 1 aromatic rings. The number of amides is 2. The number of carbonyl (C=O) groups excluding carboxylic acids is 2. The van der Waals surface area contributed by atoms with E-state index in [4.69, 9.17) is 0 Å². The molecule has 116 valence electrons. The lowest BCUT2D eigenvalue weighted by Crippen LogP contribution is -2.57. The highest BCUT2D eigenvalue weighted by atomic mass is 16.2. The molecule has 0 aliphatic heterocycles. The summed E-state index contributed by atoms with van der Waals surface area (Å²) in [5.41, 5.74) is 4.90. The van der Waals surface area contributed by atoms with E-state index in [1.54, 1.807) is 0 Å². The van der Waals surface area contributed by atoms with Crippen LogP contribution in [-0.2, 0) is 4.79 Å². The number of carbonyl (C=O) groups is 2. The van der Waals surface area contributed by atoms with E-state index in [-0.39, 0.29) is 17.7 Å². The Labute approximate surface area is 127 Å². The van der Waals surface area contributed by atoms with Gasteiger partial charge in [-0.15, -0.1) is 0 Å². The van der Waals surface area contributed by atoms with Crippen molar-refractivity contribution in [2.75, 3.05) is 0 Å². The van der Waals surface area contributed by atoms with E-state index in [0.717, 1.165) is 11.1 Å². The first-order valence-electron chi connectivity index (χ1n) is 7.25. The molecule has 0 bridgehead atoms. The Bertz CT molecular complexity index is 522. The number of hydrazine groups is 1. The van der Waals surface area contributed by atoms with Gasteiger partial charge in [0.2, 0.25) is 5.91 Å². The molecule has 4 heteroatoms. The minimum Gasteiger partial charge on any atom is -0.273 e. The SMILES string of the molecule is Cc1cc(C)cc(C(=O)NN(C(=O)C(C)C)C(C)(C)C)c1. The van der Waals surface area contributed by atoms with E-state index in [9.17, 15) is 9.59 Å². The number of rotatable bonds is 2. The van der Waals surface area contributed by atoms with E-state index in [0.29, 0.717) is 5.56 Å². The van der Waals surface area contributed by atoms with Crippen molar-refractivity contribution in [2.24, 2.45) is 5.92 Å². The molecule has 1 rings (SSSR count). The van der Waals surface area contributed by atoms with Crippen LogP contribution in [0.4, 0.5) is 0 Å². The summed E-state index contributed by atoms with van der Waals surface area (Å²) in [6, 6.07) is 5.66. The molecule has 1 aromatic carbocycles. The van der Waals surface area contributed by atoms with E-state index in [2.05, 4.69) is 5.43 Å². The van der Waals surface area contributed by atoms with Gasteiger partial charge in [-0.3, -0.25) is 15.0 Å². The quantitative estimate of drug-likeness (QED) is 0.850. The minimum atomic E-state index is -0.476. The van der Waals surface area contributed by atoms with Crippen LogP contribution in [0.15, 0.2) is 18.2 Å². The maximum Gasteiger partial charge on any atom is 0.269 e. The summed E-state index contributed by atoms with van der Waals surface area (Å²) in [7, 11) is 0. The maximum atomic E-state index is 12.4. The van der Waals surface area contributed by atoms with Crippen LogP contribution >= 0.6 is 0 Å². The van der Waals surface area contributed by atoms with Gasteiger partial charge in [-0.1, -0.05) is 31.0 Å². The normalized spacial score (nSPS) is 11.4. The van der Waals surface area contributed by atoms with Crippen molar-refractivity contribution in [1.82, 2.24) is 10.4 Å². The molecule has 0 radical (unpaired) electrons. The largest absolute Gasteiger partial charge is 0.273 e. The fraction of sp³-hybridized carbons (Fsp3) is 0.529. The van der Waals surface area contributed by atoms with Gasteiger partial charge in [-0.2, -0.15) is 0 Å². The molecule has 0 aromatic heterocycles. The second kappa shape index (κ2) is 6.29. The molecule has 21 heavy (non-hydrogen) atoms. The smallest absolute Gasteiger partial charge is 0.269 e. The first-order valence-corrected chi connectivity index (χ1v) is 7.25. The van der Waals surface area contributed by atoms with Gasteiger partial charge < -0.3 is 0 Å². The van der Waals surface area contributed by atoms with Gasteiger partial charge >= 0.3 is 0 Å². The molecule has 1 N–H and O–H groups in total. The lowest BCUT2D eigenvalue weighted by atomic mass is 10.0. The Kier molecular flexibility index (Phi) is 5.15. The van der Waals surface area contributed by atoms with Crippen LogP contribution in [0.3, 0.4) is 0 Å². The van der Waals surface area contributed by atoms with Gasteiger partial charge in [0.05, 0.1) is 5.54 Å². The molecule has 0 aliphatic carbocycles. The topological polar surface area (TPSA) is 49.4 Å². The number of aryl methyl sites for hydroxylation is 2. The van der Waals surface area contributed by atoms with Crippen molar-refractivity contribution in [3.8, 4) is 0 Å². The molecule has 0 unspecified atom stereocenters. The van der Waals surface area contributed by atoms with Crippen LogP contribution in [0.25, 0.3) is 0 Å². The van der Waals surface area contributed by atoms with Gasteiger partial charge in [-0.25, -0.2) is 5.01 Å². The summed E-state index contributed by atoms with van der Waals surface area (Å²) >= 11 is 0. The third kappa shape index (κ3) is 4.59. The Morgan fingerprint density at radius 3 is 1.90 bits per heavy atom. The van der Waals surface area contributed by atoms with Gasteiger partial charge in [-0.05, 0) is 46.8 Å².